The lowest BCUT2D eigenvalue weighted by Gasteiger charge is -2.33. The molecule has 0 spiro atoms. The van der Waals surface area contributed by atoms with E-state index in [2.05, 4.69) is 24.5 Å². The lowest BCUT2D eigenvalue weighted by molar-refractivity contribution is -0.122. The Bertz CT molecular complexity index is 218. The molecule has 0 saturated heterocycles. The Kier molecular flexibility index (Phi) is 4.58. The van der Waals surface area contributed by atoms with Gasteiger partial charge in [0.2, 0.25) is 5.91 Å². The molecule has 0 radical (unpaired) electrons. The van der Waals surface area contributed by atoms with Gasteiger partial charge in [-0.05, 0) is 38.0 Å². The smallest absolute Gasteiger partial charge is 0.236 e. The molecule has 0 heterocycles. The summed E-state index contributed by atoms with van der Waals surface area (Å²) in [6, 6.07) is 0.448. The average Bonchev–Trinajstić information content (AvgIpc) is 2.22. The summed E-state index contributed by atoms with van der Waals surface area (Å²) in [5.41, 5.74) is 0. The van der Waals surface area contributed by atoms with Crippen molar-refractivity contribution in [2.45, 2.75) is 52.1 Å². The number of carbonyl (C=O) groups excluding carboxylic acids is 1. The maximum absolute atomic E-state index is 11.4. The first-order valence-electron chi connectivity index (χ1n) is 6.02. The van der Waals surface area contributed by atoms with Crippen molar-refractivity contribution in [2.75, 3.05) is 7.05 Å². The van der Waals surface area contributed by atoms with E-state index in [1.54, 1.807) is 7.05 Å². The van der Waals surface area contributed by atoms with Crippen molar-refractivity contribution in [3.8, 4) is 0 Å². The van der Waals surface area contributed by atoms with Crippen LogP contribution < -0.4 is 10.6 Å². The van der Waals surface area contributed by atoms with Gasteiger partial charge >= 0.3 is 0 Å². The van der Waals surface area contributed by atoms with E-state index in [4.69, 9.17) is 0 Å². The summed E-state index contributed by atoms with van der Waals surface area (Å²) in [5.74, 6) is 1.69. The van der Waals surface area contributed by atoms with Crippen LogP contribution in [0.15, 0.2) is 0 Å². The topological polar surface area (TPSA) is 41.1 Å². The fourth-order valence-corrected chi connectivity index (χ4v) is 2.34. The van der Waals surface area contributed by atoms with Gasteiger partial charge in [0.25, 0.3) is 0 Å². The molecule has 1 rings (SSSR count). The van der Waals surface area contributed by atoms with Crippen LogP contribution in [0.5, 0.6) is 0 Å². The van der Waals surface area contributed by atoms with Crippen LogP contribution in [-0.4, -0.2) is 25.0 Å². The number of carbonyl (C=O) groups is 1. The Balaban J connectivity index is 2.36. The molecule has 0 aliphatic heterocycles. The van der Waals surface area contributed by atoms with E-state index in [0.29, 0.717) is 6.04 Å². The van der Waals surface area contributed by atoms with Gasteiger partial charge in [-0.3, -0.25) is 4.79 Å². The van der Waals surface area contributed by atoms with Crippen molar-refractivity contribution >= 4 is 5.91 Å². The van der Waals surface area contributed by atoms with Gasteiger partial charge in [-0.15, -0.1) is 0 Å². The lowest BCUT2D eigenvalue weighted by atomic mass is 9.79. The molecule has 2 N–H and O–H groups in total. The number of nitrogens with one attached hydrogen (secondary N) is 2. The largest absolute Gasteiger partial charge is 0.358 e. The van der Waals surface area contributed by atoms with E-state index in [1.165, 1.54) is 19.3 Å². The molecule has 0 aromatic carbocycles. The number of amides is 1. The molecule has 88 valence electrons. The molecule has 1 aliphatic rings. The van der Waals surface area contributed by atoms with Gasteiger partial charge in [-0.1, -0.05) is 13.8 Å². The third-order valence-electron chi connectivity index (χ3n) is 3.72. The Hall–Kier alpha value is -0.570. The third-order valence-corrected chi connectivity index (χ3v) is 3.72. The maximum atomic E-state index is 11.4. The number of hydrogen-bond donors (Lipinski definition) is 2. The number of hydrogen-bond acceptors (Lipinski definition) is 2. The molecule has 4 atom stereocenters. The van der Waals surface area contributed by atoms with Crippen molar-refractivity contribution < 1.29 is 4.79 Å². The predicted octanol–water partition coefficient (Wildman–Crippen LogP) is 1.54. The second-order valence-corrected chi connectivity index (χ2v) is 4.97. The van der Waals surface area contributed by atoms with E-state index in [-0.39, 0.29) is 11.9 Å². The van der Waals surface area contributed by atoms with Crippen LogP contribution in [0, 0.1) is 11.8 Å². The Labute approximate surface area is 93.0 Å². The standard InChI is InChI=1S/C12H24N2O/c1-8-5-6-11(7-9(8)2)14-10(3)12(15)13-4/h8-11,14H,5-7H2,1-4H3,(H,13,15)/t8-,9+,10-,11+/m1/s1. The molecule has 3 nitrogen and oxygen atoms in total. The zero-order valence-corrected chi connectivity index (χ0v) is 10.3. The zero-order valence-electron chi connectivity index (χ0n) is 10.3. The molecule has 1 amide bonds. The summed E-state index contributed by atoms with van der Waals surface area (Å²) in [6.45, 7) is 6.56. The summed E-state index contributed by atoms with van der Waals surface area (Å²) in [7, 11) is 1.69. The fourth-order valence-electron chi connectivity index (χ4n) is 2.34. The van der Waals surface area contributed by atoms with Gasteiger partial charge in [0.1, 0.15) is 0 Å². The zero-order chi connectivity index (χ0) is 11.4. The number of rotatable bonds is 3. The van der Waals surface area contributed by atoms with E-state index in [1.807, 2.05) is 6.92 Å². The van der Waals surface area contributed by atoms with E-state index in [0.717, 1.165) is 11.8 Å². The molecular weight excluding hydrogens is 188 g/mol. The molecule has 0 aromatic heterocycles. The summed E-state index contributed by atoms with van der Waals surface area (Å²) in [5, 5.41) is 6.08. The normalized spacial score (nSPS) is 33.5. The van der Waals surface area contributed by atoms with Gasteiger partial charge in [0, 0.05) is 13.1 Å². The summed E-state index contributed by atoms with van der Waals surface area (Å²) < 4.78 is 0. The van der Waals surface area contributed by atoms with Crippen LogP contribution in [0.3, 0.4) is 0 Å². The van der Waals surface area contributed by atoms with E-state index >= 15 is 0 Å². The Morgan fingerprint density at radius 2 is 1.93 bits per heavy atom. The lowest BCUT2D eigenvalue weighted by Crippen LogP contribution is -2.47. The predicted molar refractivity (Wildman–Crippen MR) is 62.6 cm³/mol. The molecule has 3 heteroatoms. The maximum Gasteiger partial charge on any atom is 0.236 e. The first-order valence-corrected chi connectivity index (χ1v) is 6.02. The Morgan fingerprint density at radius 3 is 2.47 bits per heavy atom. The first kappa shape index (κ1) is 12.5. The van der Waals surface area contributed by atoms with E-state index in [9.17, 15) is 4.79 Å². The van der Waals surface area contributed by atoms with Crippen molar-refractivity contribution in [1.82, 2.24) is 10.6 Å². The van der Waals surface area contributed by atoms with Gasteiger partial charge in [0.15, 0.2) is 0 Å². The Morgan fingerprint density at radius 1 is 1.27 bits per heavy atom. The van der Waals surface area contributed by atoms with Crippen molar-refractivity contribution in [2.24, 2.45) is 11.8 Å². The quantitative estimate of drug-likeness (QED) is 0.745. The third kappa shape index (κ3) is 3.49. The highest BCUT2D eigenvalue weighted by atomic mass is 16.2. The molecule has 0 bridgehead atoms. The van der Waals surface area contributed by atoms with Crippen LogP contribution in [0.4, 0.5) is 0 Å². The average molecular weight is 212 g/mol. The van der Waals surface area contributed by atoms with Crippen LogP contribution in [0.25, 0.3) is 0 Å². The monoisotopic (exact) mass is 212 g/mol. The molecule has 0 unspecified atom stereocenters. The SMILES string of the molecule is CNC(=O)[C@@H](C)N[C@H]1CC[C@@H](C)[C@@H](C)C1. The van der Waals surface area contributed by atoms with Gasteiger partial charge in [0.05, 0.1) is 6.04 Å². The summed E-state index contributed by atoms with van der Waals surface area (Å²) in [6.07, 6.45) is 3.68. The molecule has 1 fully saturated rings. The minimum atomic E-state index is -0.0689. The summed E-state index contributed by atoms with van der Waals surface area (Å²) >= 11 is 0. The molecule has 1 aliphatic carbocycles. The molecule has 0 aromatic rings. The second-order valence-electron chi connectivity index (χ2n) is 4.97. The van der Waals surface area contributed by atoms with Gasteiger partial charge in [-0.2, -0.15) is 0 Å². The fraction of sp³-hybridized carbons (Fsp3) is 0.917. The second kappa shape index (κ2) is 5.50. The highest BCUT2D eigenvalue weighted by molar-refractivity contribution is 5.80. The number of likely N-dealkylation sites (N-methyl/N-ethyl adjacent to an activating group) is 1. The van der Waals surface area contributed by atoms with E-state index < -0.39 is 0 Å². The van der Waals surface area contributed by atoms with Crippen molar-refractivity contribution in [3.05, 3.63) is 0 Å². The van der Waals surface area contributed by atoms with Crippen LogP contribution in [0.2, 0.25) is 0 Å². The molecule has 15 heavy (non-hydrogen) atoms. The van der Waals surface area contributed by atoms with Crippen LogP contribution >= 0.6 is 0 Å². The van der Waals surface area contributed by atoms with Gasteiger partial charge in [-0.25, -0.2) is 0 Å². The highest BCUT2D eigenvalue weighted by Crippen LogP contribution is 2.29. The van der Waals surface area contributed by atoms with Crippen molar-refractivity contribution in [1.29, 1.82) is 0 Å². The first-order chi connectivity index (χ1) is 7.04. The minimum Gasteiger partial charge on any atom is -0.358 e. The minimum absolute atomic E-state index is 0.0689. The van der Waals surface area contributed by atoms with Crippen molar-refractivity contribution in [3.63, 3.8) is 0 Å². The van der Waals surface area contributed by atoms with Crippen LogP contribution in [-0.2, 0) is 4.79 Å². The molecule has 1 saturated carbocycles. The molecular formula is C12H24N2O. The van der Waals surface area contributed by atoms with Gasteiger partial charge < -0.3 is 10.6 Å². The summed E-state index contributed by atoms with van der Waals surface area (Å²) in [4.78, 5) is 11.4. The van der Waals surface area contributed by atoms with Crippen LogP contribution in [0.1, 0.15) is 40.0 Å². The highest BCUT2D eigenvalue weighted by Gasteiger charge is 2.26.